The first-order valence-corrected chi connectivity index (χ1v) is 22.8. The molecule has 0 saturated carbocycles. The molecule has 0 amide bonds. The first-order valence-electron chi connectivity index (χ1n) is 22.8. The Morgan fingerprint density at radius 1 is 0.857 bits per heavy atom. The second-order valence-corrected chi connectivity index (χ2v) is 18.8. The molecule has 3 aliphatic rings. The number of Topliss-reactive ketones (excluding diaryl/α,β-unsaturated/α-hetero) is 1. The van der Waals surface area contributed by atoms with Crippen molar-refractivity contribution in [3.63, 3.8) is 0 Å². The van der Waals surface area contributed by atoms with Crippen molar-refractivity contribution < 1.29 is 33.2 Å². The molecule has 1 atom stereocenters. The van der Waals surface area contributed by atoms with Gasteiger partial charge in [-0.1, -0.05) is 74.9 Å². The van der Waals surface area contributed by atoms with Crippen LogP contribution in [0.1, 0.15) is 108 Å². The normalized spacial score (nSPS) is 17.2. The molecule has 5 aromatic rings. The molecule has 1 saturated heterocycles. The molecule has 8 heteroatoms. The van der Waals surface area contributed by atoms with Crippen LogP contribution in [0.2, 0.25) is 0 Å². The molecule has 1 fully saturated rings. The third kappa shape index (κ3) is 8.45. The van der Waals surface area contributed by atoms with Gasteiger partial charge in [0.15, 0.2) is 11.4 Å². The fraction of sp³-hybridized carbons (Fsp3) is 0.436. The lowest BCUT2D eigenvalue weighted by molar-refractivity contribution is -0.142. The van der Waals surface area contributed by atoms with Crippen LogP contribution in [0.3, 0.4) is 0 Å². The summed E-state index contributed by atoms with van der Waals surface area (Å²) in [7, 11) is 5.14. The second kappa shape index (κ2) is 18.1. The van der Waals surface area contributed by atoms with Crippen molar-refractivity contribution in [2.45, 2.75) is 103 Å². The van der Waals surface area contributed by atoms with E-state index in [9.17, 15) is 4.79 Å². The van der Waals surface area contributed by atoms with E-state index in [-0.39, 0.29) is 23.2 Å². The molecule has 0 radical (unpaired) electrons. The van der Waals surface area contributed by atoms with Gasteiger partial charge in [0, 0.05) is 53.6 Å². The number of hydrogen-bond acceptors (Lipinski definition) is 8. The van der Waals surface area contributed by atoms with Crippen LogP contribution in [0.25, 0.3) is 28.0 Å². The number of ketones is 1. The van der Waals surface area contributed by atoms with Gasteiger partial charge in [0.05, 0.1) is 39.7 Å². The fourth-order valence-corrected chi connectivity index (χ4v) is 10.0. The maximum Gasteiger partial charge on any atom is 0.178 e. The van der Waals surface area contributed by atoms with Gasteiger partial charge in [0.2, 0.25) is 0 Å². The Morgan fingerprint density at radius 3 is 2.19 bits per heavy atom. The topological polar surface area (TPSA) is 75.7 Å². The molecular weight excluding hydrogens is 787 g/mol. The van der Waals surface area contributed by atoms with Gasteiger partial charge in [0.1, 0.15) is 28.6 Å². The second-order valence-electron chi connectivity index (χ2n) is 18.8. The summed E-state index contributed by atoms with van der Waals surface area (Å²) in [6, 6.07) is 29.7. The first kappa shape index (κ1) is 44.3. The van der Waals surface area contributed by atoms with E-state index in [0.717, 1.165) is 108 Å². The summed E-state index contributed by atoms with van der Waals surface area (Å²) in [4.78, 5) is 15.8. The van der Waals surface area contributed by atoms with Crippen LogP contribution in [0.4, 0.5) is 5.69 Å². The number of unbranched alkanes of at least 4 members (excludes halogenated alkanes) is 2. The van der Waals surface area contributed by atoms with E-state index in [4.69, 9.17) is 28.4 Å². The van der Waals surface area contributed by atoms with Gasteiger partial charge in [-0.15, -0.1) is 0 Å². The van der Waals surface area contributed by atoms with Gasteiger partial charge in [-0.2, -0.15) is 0 Å². The molecule has 8 rings (SSSR count). The number of ether oxygens (including phenoxy) is 6. The molecule has 0 N–H and O–H groups in total. The molecule has 5 aromatic carbocycles. The molecule has 63 heavy (non-hydrogen) atoms. The summed E-state index contributed by atoms with van der Waals surface area (Å²) < 4.78 is 37.3. The number of rotatable bonds is 17. The number of anilines is 1. The number of carbonyl (C=O) groups is 1. The molecule has 2 heterocycles. The SMILES string of the molecule is COc1ccc(C2(c3ccc(OC)cc3)C=Cc3c4c(c5cc(N6CCCC(COC(C)(C)C(=O)CCCCCOC(C)C)C6)c(OC)cc5c3O2)-c2ccccc2C4(C)C)cc1. The van der Waals surface area contributed by atoms with Crippen molar-refractivity contribution in [3.8, 4) is 34.1 Å². The summed E-state index contributed by atoms with van der Waals surface area (Å²) in [6.45, 7) is 15.6. The van der Waals surface area contributed by atoms with Crippen LogP contribution in [-0.2, 0) is 25.3 Å². The van der Waals surface area contributed by atoms with E-state index >= 15 is 0 Å². The lowest BCUT2D eigenvalue weighted by Crippen LogP contribution is -2.41. The number of piperidine rings is 1. The molecule has 0 spiro atoms. The average molecular weight is 852 g/mol. The van der Waals surface area contributed by atoms with E-state index in [0.29, 0.717) is 13.0 Å². The summed E-state index contributed by atoms with van der Waals surface area (Å²) >= 11 is 0. The number of methoxy groups -OCH3 is 3. The van der Waals surface area contributed by atoms with Crippen LogP contribution < -0.4 is 23.8 Å². The van der Waals surface area contributed by atoms with Crippen molar-refractivity contribution in [2.75, 3.05) is 52.5 Å². The van der Waals surface area contributed by atoms with Gasteiger partial charge in [-0.3, -0.25) is 4.79 Å². The number of benzene rings is 5. The molecule has 332 valence electrons. The fourth-order valence-electron chi connectivity index (χ4n) is 10.0. The predicted octanol–water partition coefficient (Wildman–Crippen LogP) is 12.1. The third-order valence-electron chi connectivity index (χ3n) is 13.6. The number of carbonyl (C=O) groups excluding carboxylic acids is 1. The summed E-state index contributed by atoms with van der Waals surface area (Å²) in [5.41, 5.74) is 7.07. The minimum absolute atomic E-state index is 0.164. The van der Waals surface area contributed by atoms with Crippen LogP contribution in [0, 0.1) is 5.92 Å². The van der Waals surface area contributed by atoms with E-state index in [1.54, 1.807) is 21.3 Å². The van der Waals surface area contributed by atoms with Gasteiger partial charge in [-0.05, 0) is 129 Å². The molecule has 1 aliphatic carbocycles. The van der Waals surface area contributed by atoms with Gasteiger partial charge in [0.25, 0.3) is 0 Å². The Balaban J connectivity index is 1.17. The Kier molecular flexibility index (Phi) is 12.7. The van der Waals surface area contributed by atoms with Crippen molar-refractivity contribution in [1.82, 2.24) is 0 Å². The van der Waals surface area contributed by atoms with Gasteiger partial charge >= 0.3 is 0 Å². The first-order chi connectivity index (χ1) is 30.3. The number of hydrogen-bond donors (Lipinski definition) is 0. The molecule has 0 aromatic heterocycles. The zero-order chi connectivity index (χ0) is 44.5. The quantitative estimate of drug-likeness (QED) is 0.0856. The van der Waals surface area contributed by atoms with Crippen molar-refractivity contribution in [2.24, 2.45) is 5.92 Å². The smallest absolute Gasteiger partial charge is 0.178 e. The Hall–Kier alpha value is -5.31. The largest absolute Gasteiger partial charge is 0.497 e. The van der Waals surface area contributed by atoms with E-state index in [2.05, 4.69) is 105 Å². The van der Waals surface area contributed by atoms with Gasteiger partial charge < -0.3 is 33.3 Å². The molecule has 0 bridgehead atoms. The number of fused-ring (bicyclic) bond motifs is 8. The molecule has 1 unspecified atom stereocenters. The van der Waals surface area contributed by atoms with Crippen molar-refractivity contribution in [3.05, 3.63) is 119 Å². The summed E-state index contributed by atoms with van der Waals surface area (Å²) in [5.74, 6) is 3.60. The lowest BCUT2D eigenvalue weighted by atomic mass is 9.76. The van der Waals surface area contributed by atoms with Crippen LogP contribution >= 0.6 is 0 Å². The Morgan fingerprint density at radius 2 is 1.54 bits per heavy atom. The zero-order valence-corrected chi connectivity index (χ0v) is 38.8. The number of nitrogens with zero attached hydrogens (tertiary/aromatic N) is 1. The van der Waals surface area contributed by atoms with E-state index in [1.807, 2.05) is 38.1 Å². The Bertz CT molecular complexity index is 2420. The summed E-state index contributed by atoms with van der Waals surface area (Å²) in [6.07, 6.45) is 10.1. The van der Waals surface area contributed by atoms with E-state index < -0.39 is 11.2 Å². The highest BCUT2D eigenvalue weighted by molar-refractivity contribution is 6.10. The monoisotopic (exact) mass is 851 g/mol. The van der Waals surface area contributed by atoms with Crippen LogP contribution in [-0.4, -0.2) is 65.1 Å². The maximum absolute atomic E-state index is 13.3. The standard InChI is InChI=1S/C55H65NO7/c1-36(2)61-31-14-10-11-19-49(57)54(5,6)62-35-37-16-15-30-56(34-37)47-32-44-45(33-48(47)60-9)52-43(51-50(44)42-17-12-13-18-46(42)53(51,3)4)28-29-55(63-52,38-20-24-40(58-7)25-21-38)39-22-26-41(59-8)27-23-39/h12-13,17-18,20-29,32-33,36-37H,10-11,14-16,19,30-31,34-35H2,1-9H3. The van der Waals surface area contributed by atoms with Crippen molar-refractivity contribution >= 4 is 28.3 Å². The highest BCUT2D eigenvalue weighted by Crippen LogP contribution is 2.59. The van der Waals surface area contributed by atoms with Crippen LogP contribution in [0.5, 0.6) is 23.0 Å². The van der Waals surface area contributed by atoms with E-state index in [1.165, 1.54) is 22.3 Å². The molecule has 2 aliphatic heterocycles. The summed E-state index contributed by atoms with van der Waals surface area (Å²) in [5, 5.41) is 2.13. The van der Waals surface area contributed by atoms with Crippen molar-refractivity contribution in [1.29, 1.82) is 0 Å². The minimum atomic E-state index is -0.953. The third-order valence-corrected chi connectivity index (χ3v) is 13.6. The molecule has 8 nitrogen and oxygen atoms in total. The average Bonchev–Trinajstić information content (AvgIpc) is 3.55. The van der Waals surface area contributed by atoms with Gasteiger partial charge in [-0.25, -0.2) is 0 Å². The lowest BCUT2D eigenvalue weighted by Gasteiger charge is -2.39. The predicted molar refractivity (Wildman–Crippen MR) is 254 cm³/mol. The highest BCUT2D eigenvalue weighted by atomic mass is 16.5. The highest BCUT2D eigenvalue weighted by Gasteiger charge is 2.45. The maximum atomic E-state index is 13.3. The Labute approximate surface area is 374 Å². The van der Waals surface area contributed by atoms with Crippen LogP contribution in [0.15, 0.2) is 91.0 Å². The molecular formula is C55H65NO7. The zero-order valence-electron chi connectivity index (χ0n) is 38.8. The minimum Gasteiger partial charge on any atom is -0.497 e.